The average Bonchev–Trinajstić information content (AvgIpc) is 2.91. The number of thioether (sulfide) groups is 1. The van der Waals surface area contributed by atoms with Gasteiger partial charge in [-0.2, -0.15) is 11.8 Å². The van der Waals surface area contributed by atoms with Crippen LogP contribution in [-0.4, -0.2) is 34.5 Å². The maximum Gasteiger partial charge on any atom is 0.307 e. The molecule has 0 aromatic rings. The lowest BCUT2D eigenvalue weighted by molar-refractivity contribution is -0.146. The van der Waals surface area contributed by atoms with Crippen LogP contribution in [0, 0.1) is 11.8 Å². The first-order valence-corrected chi connectivity index (χ1v) is 7.36. The predicted octanol–water partition coefficient (Wildman–Crippen LogP) is 1.50. The van der Waals surface area contributed by atoms with Crippen LogP contribution in [0.2, 0.25) is 0 Å². The normalized spacial score (nSPS) is 29.9. The van der Waals surface area contributed by atoms with E-state index in [1.807, 2.05) is 0 Å². The van der Waals surface area contributed by atoms with Crippen LogP contribution in [0.5, 0.6) is 0 Å². The smallest absolute Gasteiger partial charge is 0.307 e. The van der Waals surface area contributed by atoms with E-state index >= 15 is 0 Å². The summed E-state index contributed by atoms with van der Waals surface area (Å²) in [7, 11) is 0. The molecule has 2 atom stereocenters. The van der Waals surface area contributed by atoms with Crippen molar-refractivity contribution < 1.29 is 14.7 Å². The van der Waals surface area contributed by atoms with Gasteiger partial charge in [0.2, 0.25) is 5.91 Å². The number of amides is 1. The molecule has 2 aliphatic carbocycles. The highest BCUT2D eigenvalue weighted by molar-refractivity contribution is 8.00. The van der Waals surface area contributed by atoms with Gasteiger partial charge in [-0.25, -0.2) is 0 Å². The number of hydrogen-bond acceptors (Lipinski definition) is 3. The van der Waals surface area contributed by atoms with Crippen LogP contribution in [0.1, 0.15) is 32.1 Å². The molecule has 1 amide bonds. The number of carbonyl (C=O) groups excluding carboxylic acids is 1. The van der Waals surface area contributed by atoms with E-state index < -0.39 is 11.9 Å². The van der Waals surface area contributed by atoms with Crippen LogP contribution < -0.4 is 5.32 Å². The third-order valence-corrected chi connectivity index (χ3v) is 5.41. The summed E-state index contributed by atoms with van der Waals surface area (Å²) in [5, 5.41) is 12.0. The lowest BCUT2D eigenvalue weighted by atomic mass is 9.95. The van der Waals surface area contributed by atoms with Gasteiger partial charge < -0.3 is 10.4 Å². The Morgan fingerprint density at radius 2 is 2.00 bits per heavy atom. The van der Waals surface area contributed by atoms with Crippen molar-refractivity contribution in [3.05, 3.63) is 0 Å². The largest absolute Gasteiger partial charge is 0.481 e. The molecule has 0 aromatic carbocycles. The fourth-order valence-electron chi connectivity index (χ4n) is 2.54. The minimum atomic E-state index is -0.825. The Labute approximate surface area is 106 Å². The summed E-state index contributed by atoms with van der Waals surface area (Å²) in [6.45, 7) is 0.690. The molecule has 2 rings (SSSR count). The van der Waals surface area contributed by atoms with Gasteiger partial charge in [0.1, 0.15) is 0 Å². The maximum atomic E-state index is 12.0. The topological polar surface area (TPSA) is 66.4 Å². The number of carbonyl (C=O) groups is 2. The van der Waals surface area contributed by atoms with Gasteiger partial charge in [-0.1, -0.05) is 6.42 Å². The van der Waals surface area contributed by atoms with Gasteiger partial charge in [-0.3, -0.25) is 9.59 Å². The van der Waals surface area contributed by atoms with Gasteiger partial charge in [-0.15, -0.1) is 0 Å². The first-order valence-electron chi connectivity index (χ1n) is 6.14. The maximum absolute atomic E-state index is 12.0. The SMILES string of the molecule is CSC1(CNC(=O)[C@@H]2CCC[C@@H]2C(=O)O)CC1. The second kappa shape index (κ2) is 4.88. The molecule has 2 saturated carbocycles. The fourth-order valence-corrected chi connectivity index (χ4v) is 3.27. The summed E-state index contributed by atoms with van der Waals surface area (Å²) in [6.07, 6.45) is 6.58. The Kier molecular flexibility index (Phi) is 3.66. The van der Waals surface area contributed by atoms with Crippen LogP contribution in [0.25, 0.3) is 0 Å². The zero-order valence-corrected chi connectivity index (χ0v) is 10.9. The molecule has 0 aliphatic heterocycles. The number of carboxylic acids is 1. The molecule has 4 nitrogen and oxygen atoms in total. The molecule has 0 heterocycles. The Balaban J connectivity index is 1.85. The van der Waals surface area contributed by atoms with Crippen LogP contribution in [0.4, 0.5) is 0 Å². The third-order valence-electron chi connectivity index (χ3n) is 4.00. The predicted molar refractivity (Wildman–Crippen MR) is 67.0 cm³/mol. The van der Waals surface area contributed by atoms with E-state index in [2.05, 4.69) is 11.6 Å². The first kappa shape index (κ1) is 12.7. The number of aliphatic carboxylic acids is 1. The Hall–Kier alpha value is -0.710. The van der Waals surface area contributed by atoms with E-state index in [4.69, 9.17) is 5.11 Å². The van der Waals surface area contributed by atoms with Gasteiger partial charge in [-0.05, 0) is 31.9 Å². The summed E-state index contributed by atoms with van der Waals surface area (Å²) in [5.74, 6) is -1.67. The van der Waals surface area contributed by atoms with E-state index in [0.717, 1.165) is 25.7 Å². The van der Waals surface area contributed by atoms with Gasteiger partial charge in [0.15, 0.2) is 0 Å². The van der Waals surface area contributed by atoms with Crippen molar-refractivity contribution >= 4 is 23.6 Å². The highest BCUT2D eigenvalue weighted by Gasteiger charge is 2.43. The minimum Gasteiger partial charge on any atom is -0.481 e. The molecular weight excluding hydrogens is 238 g/mol. The molecule has 0 aromatic heterocycles. The molecule has 17 heavy (non-hydrogen) atoms. The summed E-state index contributed by atoms with van der Waals surface area (Å²) in [5.41, 5.74) is 0. The van der Waals surface area contributed by atoms with Gasteiger partial charge in [0.25, 0.3) is 0 Å². The van der Waals surface area contributed by atoms with E-state index in [1.165, 1.54) is 0 Å². The van der Waals surface area contributed by atoms with Gasteiger partial charge in [0.05, 0.1) is 11.8 Å². The van der Waals surface area contributed by atoms with Crippen molar-refractivity contribution in [2.45, 2.75) is 36.9 Å². The molecule has 0 saturated heterocycles. The highest BCUT2D eigenvalue weighted by Crippen LogP contribution is 2.46. The van der Waals surface area contributed by atoms with Crippen molar-refractivity contribution in [1.29, 1.82) is 0 Å². The van der Waals surface area contributed by atoms with Gasteiger partial charge >= 0.3 is 5.97 Å². The quantitative estimate of drug-likeness (QED) is 0.783. The lowest BCUT2D eigenvalue weighted by Crippen LogP contribution is -2.39. The molecule has 0 radical (unpaired) electrons. The molecule has 0 bridgehead atoms. The summed E-state index contributed by atoms with van der Waals surface area (Å²) in [4.78, 5) is 23.0. The van der Waals surface area contributed by atoms with Crippen molar-refractivity contribution in [2.24, 2.45) is 11.8 Å². The number of carboxylic acid groups (broad SMARTS) is 1. The van der Waals surface area contributed by atoms with Crippen LogP contribution >= 0.6 is 11.8 Å². The highest BCUT2D eigenvalue weighted by atomic mass is 32.2. The fraction of sp³-hybridized carbons (Fsp3) is 0.833. The second-order valence-corrected chi connectivity index (χ2v) is 6.36. The zero-order chi connectivity index (χ0) is 12.5. The molecule has 96 valence electrons. The second-order valence-electron chi connectivity index (χ2n) is 5.09. The van der Waals surface area contributed by atoms with Crippen molar-refractivity contribution in [3.8, 4) is 0 Å². The van der Waals surface area contributed by atoms with Crippen LogP contribution in [0.15, 0.2) is 0 Å². The summed E-state index contributed by atoms with van der Waals surface area (Å²) < 4.78 is 0.243. The Morgan fingerprint density at radius 3 is 2.53 bits per heavy atom. The molecule has 2 fully saturated rings. The molecule has 0 spiro atoms. The third kappa shape index (κ3) is 2.76. The van der Waals surface area contributed by atoms with Crippen LogP contribution in [0.3, 0.4) is 0 Å². The Morgan fingerprint density at radius 1 is 1.35 bits per heavy atom. The van der Waals surface area contributed by atoms with Crippen molar-refractivity contribution in [3.63, 3.8) is 0 Å². The Bertz CT molecular complexity index is 328. The zero-order valence-electron chi connectivity index (χ0n) is 10.1. The standard InChI is InChI=1S/C12H19NO3S/c1-17-12(5-6-12)7-13-10(14)8-3-2-4-9(8)11(15)16/h8-9H,2-7H2,1H3,(H,13,14)(H,15,16)/t8-,9+/m1/s1. The van der Waals surface area contributed by atoms with E-state index in [1.54, 1.807) is 11.8 Å². The lowest BCUT2D eigenvalue weighted by Gasteiger charge is -2.18. The van der Waals surface area contributed by atoms with E-state index in [0.29, 0.717) is 13.0 Å². The number of rotatable bonds is 5. The van der Waals surface area contributed by atoms with Gasteiger partial charge in [0, 0.05) is 11.3 Å². The first-order chi connectivity index (χ1) is 8.08. The molecule has 0 unspecified atom stereocenters. The van der Waals surface area contributed by atoms with Crippen molar-refractivity contribution in [1.82, 2.24) is 5.32 Å². The average molecular weight is 257 g/mol. The molecule has 5 heteroatoms. The summed E-state index contributed by atoms with van der Waals surface area (Å²) >= 11 is 1.80. The minimum absolute atomic E-state index is 0.0600. The van der Waals surface area contributed by atoms with E-state index in [-0.39, 0.29) is 16.6 Å². The monoisotopic (exact) mass is 257 g/mol. The summed E-state index contributed by atoms with van der Waals surface area (Å²) in [6, 6.07) is 0. The molecular formula is C12H19NO3S. The van der Waals surface area contributed by atoms with E-state index in [9.17, 15) is 9.59 Å². The number of hydrogen-bond donors (Lipinski definition) is 2. The number of nitrogens with one attached hydrogen (secondary N) is 1. The molecule has 2 aliphatic rings. The molecule has 2 N–H and O–H groups in total. The van der Waals surface area contributed by atoms with Crippen LogP contribution in [-0.2, 0) is 9.59 Å². The van der Waals surface area contributed by atoms with Crippen molar-refractivity contribution in [2.75, 3.05) is 12.8 Å².